The number of hydrogen-bond acceptors (Lipinski definition) is 6. The van der Waals surface area contributed by atoms with Gasteiger partial charge in [0, 0.05) is 18.5 Å². The SMILES string of the molecule is CCc1ccc(C(=O)[C@H](C)OC(=O)c2ccc(S(=O)(=O)NCCC#N)cc2)cc1. The minimum Gasteiger partial charge on any atom is -0.451 e. The molecule has 0 unspecified atom stereocenters. The Morgan fingerprint density at radius 2 is 1.66 bits per heavy atom. The zero-order chi connectivity index (χ0) is 21.4. The van der Waals surface area contributed by atoms with E-state index >= 15 is 0 Å². The molecule has 0 aliphatic heterocycles. The van der Waals surface area contributed by atoms with Gasteiger partial charge < -0.3 is 4.74 Å². The van der Waals surface area contributed by atoms with Gasteiger partial charge in [0.2, 0.25) is 15.8 Å². The van der Waals surface area contributed by atoms with Crippen LogP contribution in [0.3, 0.4) is 0 Å². The molecule has 0 amide bonds. The van der Waals surface area contributed by atoms with Crippen molar-refractivity contribution < 1.29 is 22.7 Å². The molecule has 2 aromatic carbocycles. The van der Waals surface area contributed by atoms with Crippen molar-refractivity contribution in [2.24, 2.45) is 0 Å². The van der Waals surface area contributed by atoms with Gasteiger partial charge in [-0.1, -0.05) is 31.2 Å². The van der Waals surface area contributed by atoms with Gasteiger partial charge in [-0.25, -0.2) is 17.9 Å². The molecule has 2 aromatic rings. The van der Waals surface area contributed by atoms with E-state index in [9.17, 15) is 18.0 Å². The van der Waals surface area contributed by atoms with Crippen molar-refractivity contribution in [1.29, 1.82) is 5.26 Å². The molecule has 0 aromatic heterocycles. The minimum absolute atomic E-state index is 0.00148. The van der Waals surface area contributed by atoms with E-state index in [4.69, 9.17) is 10.00 Å². The summed E-state index contributed by atoms with van der Waals surface area (Å²) in [7, 11) is -3.76. The van der Waals surface area contributed by atoms with Crippen LogP contribution in [-0.4, -0.2) is 32.8 Å². The van der Waals surface area contributed by atoms with Crippen LogP contribution < -0.4 is 4.72 Å². The second-order valence-electron chi connectivity index (χ2n) is 6.29. The van der Waals surface area contributed by atoms with Crippen LogP contribution in [0.5, 0.6) is 0 Å². The monoisotopic (exact) mass is 414 g/mol. The van der Waals surface area contributed by atoms with Gasteiger partial charge >= 0.3 is 5.97 Å². The first kappa shape index (κ1) is 22.3. The topological polar surface area (TPSA) is 113 Å². The molecule has 0 fully saturated rings. The lowest BCUT2D eigenvalue weighted by molar-refractivity contribution is 0.0318. The highest BCUT2D eigenvalue weighted by Gasteiger charge is 2.21. The molecule has 0 aliphatic carbocycles. The Kier molecular flexibility index (Phi) is 7.65. The average Bonchev–Trinajstić information content (AvgIpc) is 2.73. The summed E-state index contributed by atoms with van der Waals surface area (Å²) in [4.78, 5) is 24.7. The van der Waals surface area contributed by atoms with E-state index in [1.165, 1.54) is 31.2 Å². The number of esters is 1. The molecule has 2 rings (SSSR count). The molecule has 8 heteroatoms. The Bertz CT molecular complexity index is 1010. The average molecular weight is 414 g/mol. The van der Waals surface area contributed by atoms with Crippen LogP contribution >= 0.6 is 0 Å². The van der Waals surface area contributed by atoms with Crippen LogP contribution in [0.15, 0.2) is 53.4 Å². The summed E-state index contributed by atoms with van der Waals surface area (Å²) in [6, 6.07) is 14.1. The highest BCUT2D eigenvalue weighted by atomic mass is 32.2. The van der Waals surface area contributed by atoms with Gasteiger partial charge in [-0.3, -0.25) is 4.79 Å². The Morgan fingerprint density at radius 1 is 1.07 bits per heavy atom. The standard InChI is InChI=1S/C21H22N2O5S/c1-3-16-5-7-17(8-6-16)20(24)15(2)28-21(25)18-9-11-19(12-10-18)29(26,27)23-14-4-13-22/h5-12,15,23H,3-4,14H2,1-2H3/t15-/m0/s1. The zero-order valence-electron chi connectivity index (χ0n) is 16.2. The fourth-order valence-electron chi connectivity index (χ4n) is 2.52. The van der Waals surface area contributed by atoms with E-state index in [-0.39, 0.29) is 29.2 Å². The number of carbonyl (C=O) groups is 2. The third-order valence-electron chi connectivity index (χ3n) is 4.23. The van der Waals surface area contributed by atoms with Crippen molar-refractivity contribution in [2.75, 3.05) is 6.54 Å². The lowest BCUT2D eigenvalue weighted by atomic mass is 10.0. The molecule has 7 nitrogen and oxygen atoms in total. The number of aryl methyl sites for hydroxylation is 1. The Balaban J connectivity index is 2.02. The fraction of sp³-hybridized carbons (Fsp3) is 0.286. The zero-order valence-corrected chi connectivity index (χ0v) is 17.0. The first-order valence-corrected chi connectivity index (χ1v) is 10.6. The van der Waals surface area contributed by atoms with Gasteiger partial charge in [0.15, 0.2) is 6.10 Å². The van der Waals surface area contributed by atoms with Crippen LogP contribution in [0.25, 0.3) is 0 Å². The summed E-state index contributed by atoms with van der Waals surface area (Å²) in [5.74, 6) is -1.04. The number of nitriles is 1. The van der Waals surface area contributed by atoms with Crippen LogP contribution in [-0.2, 0) is 21.2 Å². The van der Waals surface area contributed by atoms with E-state index in [0.717, 1.165) is 12.0 Å². The molecule has 0 saturated carbocycles. The van der Waals surface area contributed by atoms with Gasteiger partial charge in [-0.2, -0.15) is 5.26 Å². The smallest absolute Gasteiger partial charge is 0.338 e. The second-order valence-corrected chi connectivity index (χ2v) is 8.06. The number of sulfonamides is 1. The van der Waals surface area contributed by atoms with Crippen LogP contribution in [0.4, 0.5) is 0 Å². The summed E-state index contributed by atoms with van der Waals surface area (Å²) in [6.07, 6.45) is -0.0685. The predicted molar refractivity (Wildman–Crippen MR) is 107 cm³/mol. The van der Waals surface area contributed by atoms with Gasteiger partial charge in [0.05, 0.1) is 16.5 Å². The Morgan fingerprint density at radius 3 is 2.21 bits per heavy atom. The molecule has 0 spiro atoms. The maximum Gasteiger partial charge on any atom is 0.338 e. The number of benzene rings is 2. The number of carbonyl (C=O) groups excluding carboxylic acids is 2. The number of rotatable bonds is 9. The van der Waals surface area contributed by atoms with Crippen molar-refractivity contribution in [1.82, 2.24) is 4.72 Å². The van der Waals surface area contributed by atoms with Crippen molar-refractivity contribution in [2.45, 2.75) is 37.7 Å². The number of hydrogen-bond donors (Lipinski definition) is 1. The van der Waals surface area contributed by atoms with Crippen molar-refractivity contribution in [3.63, 3.8) is 0 Å². The van der Waals surface area contributed by atoms with Gasteiger partial charge in [0.25, 0.3) is 0 Å². The number of nitrogens with zero attached hydrogens (tertiary/aromatic N) is 1. The molecule has 1 N–H and O–H groups in total. The number of ether oxygens (including phenoxy) is 1. The van der Waals surface area contributed by atoms with Crippen molar-refractivity contribution >= 4 is 21.8 Å². The van der Waals surface area contributed by atoms with Gasteiger partial charge in [-0.15, -0.1) is 0 Å². The molecule has 0 aliphatic rings. The maximum atomic E-state index is 12.4. The lowest BCUT2D eigenvalue weighted by Crippen LogP contribution is -2.25. The quantitative estimate of drug-likeness (QED) is 0.383. The summed E-state index contributed by atoms with van der Waals surface area (Å²) >= 11 is 0. The third kappa shape index (κ3) is 5.98. The second kappa shape index (κ2) is 9.96. The largest absolute Gasteiger partial charge is 0.451 e. The van der Waals surface area contributed by atoms with Crippen molar-refractivity contribution in [3.05, 3.63) is 65.2 Å². The number of nitrogens with one attached hydrogen (secondary N) is 1. The third-order valence-corrected chi connectivity index (χ3v) is 5.71. The van der Waals surface area contributed by atoms with Crippen molar-refractivity contribution in [3.8, 4) is 6.07 Å². The molecular weight excluding hydrogens is 392 g/mol. The Labute approximate surface area is 170 Å². The molecule has 1 atom stereocenters. The van der Waals surface area contributed by atoms with E-state index in [2.05, 4.69) is 4.72 Å². The molecule has 0 bridgehead atoms. The van der Waals surface area contributed by atoms with E-state index in [1.54, 1.807) is 12.1 Å². The van der Waals surface area contributed by atoms with Gasteiger partial charge in [0.1, 0.15) is 0 Å². The molecule has 29 heavy (non-hydrogen) atoms. The maximum absolute atomic E-state index is 12.4. The molecule has 0 saturated heterocycles. The minimum atomic E-state index is -3.76. The first-order chi connectivity index (χ1) is 13.8. The molecule has 0 heterocycles. The number of ketones is 1. The summed E-state index contributed by atoms with van der Waals surface area (Å²) in [5, 5.41) is 8.48. The summed E-state index contributed by atoms with van der Waals surface area (Å²) < 4.78 is 31.7. The predicted octanol–water partition coefficient (Wildman–Crippen LogP) is 2.87. The van der Waals surface area contributed by atoms with E-state index in [1.807, 2.05) is 25.1 Å². The number of Topliss-reactive ketones (excluding diaryl/α,β-unsaturated/α-hetero) is 1. The van der Waals surface area contributed by atoms with Crippen LogP contribution in [0.1, 0.15) is 46.5 Å². The first-order valence-electron chi connectivity index (χ1n) is 9.09. The lowest BCUT2D eigenvalue weighted by Gasteiger charge is -2.13. The normalized spacial score (nSPS) is 12.0. The van der Waals surface area contributed by atoms with E-state index < -0.39 is 22.1 Å². The van der Waals surface area contributed by atoms with E-state index in [0.29, 0.717) is 5.56 Å². The highest BCUT2D eigenvalue weighted by molar-refractivity contribution is 7.89. The summed E-state index contributed by atoms with van der Waals surface area (Å²) in [5.41, 5.74) is 1.68. The Hall–Kier alpha value is -3.02. The molecule has 0 radical (unpaired) electrons. The highest BCUT2D eigenvalue weighted by Crippen LogP contribution is 2.14. The summed E-state index contributed by atoms with van der Waals surface area (Å²) in [6.45, 7) is 3.51. The van der Waals surface area contributed by atoms with Crippen LogP contribution in [0, 0.1) is 11.3 Å². The van der Waals surface area contributed by atoms with Crippen LogP contribution in [0.2, 0.25) is 0 Å². The molecule has 152 valence electrons. The fourth-order valence-corrected chi connectivity index (χ4v) is 3.55. The van der Waals surface area contributed by atoms with Gasteiger partial charge in [-0.05, 0) is 43.2 Å². The molecular formula is C21H22N2O5S.